The van der Waals surface area contributed by atoms with E-state index in [4.69, 9.17) is 9.79 Å². The lowest BCUT2D eigenvalue weighted by Gasteiger charge is -2.27. The standard InChI is InChI=1S/C26H33N3O2S.C5H12.C4H8.CH2O/c30-32(31,22-7-2-1-3-8-22)28-18-20-12-10-19(11-13-20)17-27-26-16-24-23-9-5-4-6-21(23)14-15-25(24)29-26;1-3-5-4-2;1-3-4-2;1-2/h1-9,19-20,24-25,28H,10-18H2,(H,27,29);3-5H2,1-2H3;3-4H,1-2H3;1H2/b;;4-3-;. The lowest BCUT2D eigenvalue weighted by molar-refractivity contribution is -0.0980. The first-order valence-corrected chi connectivity index (χ1v) is 17.7. The van der Waals surface area contributed by atoms with Crippen molar-refractivity contribution in [2.75, 3.05) is 13.1 Å². The van der Waals surface area contributed by atoms with Crippen LogP contribution in [0.25, 0.3) is 0 Å². The van der Waals surface area contributed by atoms with Gasteiger partial charge in [-0.2, -0.15) is 0 Å². The molecule has 5 rings (SSSR count). The van der Waals surface area contributed by atoms with Crippen molar-refractivity contribution in [3.05, 3.63) is 77.9 Å². The van der Waals surface area contributed by atoms with Crippen molar-refractivity contribution in [1.29, 1.82) is 0 Å². The molecule has 6 nitrogen and oxygen atoms in total. The van der Waals surface area contributed by atoms with E-state index in [-0.39, 0.29) is 0 Å². The predicted molar refractivity (Wildman–Crippen MR) is 181 cm³/mol. The second kappa shape index (κ2) is 20.2. The van der Waals surface area contributed by atoms with E-state index in [0.29, 0.717) is 35.2 Å². The molecule has 3 aliphatic rings. The van der Waals surface area contributed by atoms with Gasteiger partial charge in [0.05, 0.1) is 10.7 Å². The van der Waals surface area contributed by atoms with Crippen molar-refractivity contribution >= 4 is 22.6 Å². The summed E-state index contributed by atoms with van der Waals surface area (Å²) >= 11 is 0. The number of nitrogens with one attached hydrogen (secondary N) is 2. The van der Waals surface area contributed by atoms with Crippen LogP contribution < -0.4 is 10.0 Å². The van der Waals surface area contributed by atoms with Gasteiger partial charge in [-0.05, 0) is 87.5 Å². The number of fused-ring (bicyclic) bond motifs is 3. The van der Waals surface area contributed by atoms with Gasteiger partial charge in [-0.25, -0.2) is 13.1 Å². The van der Waals surface area contributed by atoms with Gasteiger partial charge in [0.15, 0.2) is 0 Å². The van der Waals surface area contributed by atoms with E-state index in [1.54, 1.807) is 24.3 Å². The molecule has 2 aromatic carbocycles. The molecular weight excluding hydrogens is 554 g/mol. The van der Waals surface area contributed by atoms with Crippen LogP contribution in [0.4, 0.5) is 0 Å². The van der Waals surface area contributed by atoms with E-state index in [9.17, 15) is 8.42 Å². The summed E-state index contributed by atoms with van der Waals surface area (Å²) in [7, 11) is -3.41. The molecule has 0 amide bonds. The quantitative estimate of drug-likeness (QED) is 0.298. The smallest absolute Gasteiger partial charge is 0.240 e. The Morgan fingerprint density at radius 2 is 1.49 bits per heavy atom. The Kier molecular flexibility index (Phi) is 17.1. The van der Waals surface area contributed by atoms with Gasteiger partial charge in [-0.15, -0.1) is 0 Å². The summed E-state index contributed by atoms with van der Waals surface area (Å²) in [6.07, 6.45) is 15.9. The van der Waals surface area contributed by atoms with Crippen LogP contribution in [-0.2, 0) is 21.2 Å². The number of allylic oxidation sites excluding steroid dienone is 2. The van der Waals surface area contributed by atoms with Crippen LogP contribution >= 0.6 is 0 Å². The number of aliphatic imine (C=N–C) groups is 1. The third kappa shape index (κ3) is 12.0. The lowest BCUT2D eigenvalue weighted by Crippen LogP contribution is -2.32. The lowest BCUT2D eigenvalue weighted by atomic mass is 9.80. The second-order valence-electron chi connectivity index (χ2n) is 11.7. The summed E-state index contributed by atoms with van der Waals surface area (Å²) in [6, 6.07) is 18.1. The highest BCUT2D eigenvalue weighted by Gasteiger charge is 2.36. The molecule has 0 spiro atoms. The van der Waals surface area contributed by atoms with Gasteiger partial charge in [-0.3, -0.25) is 4.99 Å². The molecule has 2 fully saturated rings. The van der Waals surface area contributed by atoms with E-state index < -0.39 is 10.0 Å². The van der Waals surface area contributed by atoms with Gasteiger partial charge < -0.3 is 10.1 Å². The van der Waals surface area contributed by atoms with E-state index >= 15 is 0 Å². The number of unbranched alkanes of at least 4 members (excludes halogenated alkanes) is 2. The Hall–Kier alpha value is -2.77. The van der Waals surface area contributed by atoms with Crippen LogP contribution in [0.2, 0.25) is 0 Å². The normalized spacial score (nSPS) is 23.3. The summed E-state index contributed by atoms with van der Waals surface area (Å²) in [4.78, 5) is 13.3. The number of aryl methyl sites for hydroxylation is 1. The Labute approximate surface area is 261 Å². The zero-order valence-corrected chi connectivity index (χ0v) is 27.7. The number of hydrogen-bond acceptors (Lipinski definition) is 4. The van der Waals surface area contributed by atoms with Crippen LogP contribution in [0.15, 0.2) is 76.6 Å². The molecule has 1 aliphatic heterocycles. The number of rotatable bonds is 8. The fourth-order valence-corrected chi connectivity index (χ4v) is 7.13. The monoisotopic (exact) mass is 609 g/mol. The van der Waals surface area contributed by atoms with Crippen molar-refractivity contribution in [2.24, 2.45) is 16.8 Å². The Morgan fingerprint density at radius 1 is 0.884 bits per heavy atom. The van der Waals surface area contributed by atoms with Gasteiger partial charge in [0, 0.05) is 31.5 Å². The van der Waals surface area contributed by atoms with E-state index in [1.807, 2.05) is 38.9 Å². The summed E-state index contributed by atoms with van der Waals surface area (Å²) in [5, 5.41) is 3.71. The third-order valence-electron chi connectivity index (χ3n) is 8.59. The first-order chi connectivity index (χ1) is 20.9. The SMILES string of the molecule is C/C=C\C.C=O.CCCCC.O=S(=O)(NCC1CCC(CN=C2CC3c4ccccc4CCC3N2)CC1)c1ccccc1. The van der Waals surface area contributed by atoms with Crippen LogP contribution in [-0.4, -0.2) is 40.2 Å². The zero-order valence-electron chi connectivity index (χ0n) is 26.9. The Balaban J connectivity index is 0.000000510. The minimum atomic E-state index is -3.41. The molecular formula is C36H55N3O3S. The molecule has 1 heterocycles. The van der Waals surface area contributed by atoms with Crippen molar-refractivity contribution in [3.8, 4) is 0 Å². The molecule has 0 aromatic heterocycles. The molecule has 2 aromatic rings. The maximum absolute atomic E-state index is 12.4. The molecule has 2 unspecified atom stereocenters. The molecule has 1 saturated carbocycles. The molecule has 2 atom stereocenters. The van der Waals surface area contributed by atoms with Crippen LogP contribution in [0.3, 0.4) is 0 Å². The molecule has 2 N–H and O–H groups in total. The molecule has 2 aliphatic carbocycles. The number of amidine groups is 1. The van der Waals surface area contributed by atoms with Gasteiger partial charge in [0.25, 0.3) is 0 Å². The van der Waals surface area contributed by atoms with Gasteiger partial charge in [0.2, 0.25) is 10.0 Å². The topological polar surface area (TPSA) is 87.6 Å². The first-order valence-electron chi connectivity index (χ1n) is 16.2. The minimum Gasteiger partial charge on any atom is -0.370 e. The van der Waals surface area contributed by atoms with Gasteiger partial charge >= 0.3 is 0 Å². The third-order valence-corrected chi connectivity index (χ3v) is 10.0. The maximum atomic E-state index is 12.4. The highest BCUT2D eigenvalue weighted by atomic mass is 32.2. The number of hydrogen-bond donors (Lipinski definition) is 2. The van der Waals surface area contributed by atoms with Crippen molar-refractivity contribution in [2.45, 2.75) is 109 Å². The average molecular weight is 610 g/mol. The molecule has 0 bridgehead atoms. The Morgan fingerprint density at radius 3 is 2.09 bits per heavy atom. The average Bonchev–Trinajstić information content (AvgIpc) is 3.49. The van der Waals surface area contributed by atoms with Crippen LogP contribution in [0, 0.1) is 11.8 Å². The fourth-order valence-electron chi connectivity index (χ4n) is 5.99. The molecule has 1 saturated heterocycles. The number of benzene rings is 2. The highest BCUT2D eigenvalue weighted by Crippen LogP contribution is 2.38. The summed E-state index contributed by atoms with van der Waals surface area (Å²) in [5.41, 5.74) is 3.03. The number of carbonyl (C=O) groups excluding carboxylic acids is 1. The largest absolute Gasteiger partial charge is 0.370 e. The number of sulfonamides is 1. The Bertz CT molecular complexity index is 1200. The molecule has 43 heavy (non-hydrogen) atoms. The molecule has 238 valence electrons. The fraction of sp³-hybridized carbons (Fsp3) is 0.556. The van der Waals surface area contributed by atoms with E-state index in [1.165, 1.54) is 42.6 Å². The minimum absolute atomic E-state index is 0.344. The zero-order chi connectivity index (χ0) is 31.5. The highest BCUT2D eigenvalue weighted by molar-refractivity contribution is 7.89. The summed E-state index contributed by atoms with van der Waals surface area (Å²) in [6.45, 7) is 11.8. The van der Waals surface area contributed by atoms with Crippen molar-refractivity contribution < 1.29 is 13.2 Å². The number of carbonyl (C=O) groups is 1. The second-order valence-corrected chi connectivity index (χ2v) is 13.4. The van der Waals surface area contributed by atoms with Gasteiger partial charge in [-0.1, -0.05) is 87.7 Å². The van der Waals surface area contributed by atoms with Gasteiger partial charge in [0.1, 0.15) is 6.79 Å². The van der Waals surface area contributed by atoms with E-state index in [0.717, 1.165) is 45.1 Å². The van der Waals surface area contributed by atoms with Crippen molar-refractivity contribution in [3.63, 3.8) is 0 Å². The predicted octanol–water partition coefficient (Wildman–Crippen LogP) is 7.86. The van der Waals surface area contributed by atoms with E-state index in [2.05, 4.69) is 48.2 Å². The van der Waals surface area contributed by atoms with Crippen molar-refractivity contribution in [1.82, 2.24) is 10.0 Å². The summed E-state index contributed by atoms with van der Waals surface area (Å²) < 4.78 is 27.7. The maximum Gasteiger partial charge on any atom is 0.240 e. The summed E-state index contributed by atoms with van der Waals surface area (Å²) in [5.74, 6) is 2.80. The number of nitrogens with zero attached hydrogens (tertiary/aromatic N) is 1. The molecule has 0 radical (unpaired) electrons. The first kappa shape index (κ1) is 36.4. The van der Waals surface area contributed by atoms with Crippen LogP contribution in [0.1, 0.15) is 103 Å². The van der Waals surface area contributed by atoms with Crippen LogP contribution in [0.5, 0.6) is 0 Å². The molecule has 7 heteroatoms.